The molecular formula is C17H17FN2O2S. The van der Waals surface area contributed by atoms with Crippen LogP contribution in [0.3, 0.4) is 0 Å². The summed E-state index contributed by atoms with van der Waals surface area (Å²) in [5.41, 5.74) is 1.15. The zero-order chi connectivity index (χ0) is 16.6. The van der Waals surface area contributed by atoms with Crippen molar-refractivity contribution in [2.24, 2.45) is 0 Å². The third kappa shape index (κ3) is 2.86. The highest BCUT2D eigenvalue weighted by molar-refractivity contribution is 7.99. The summed E-state index contributed by atoms with van der Waals surface area (Å²) in [7, 11) is 0. The number of carbonyl (C=O) groups is 1. The number of nitrogens with one attached hydrogen (secondary N) is 1. The molecule has 0 atom stereocenters. The summed E-state index contributed by atoms with van der Waals surface area (Å²) >= 11 is 1.48. The average molecular weight is 332 g/mol. The number of hydrogen-bond donors (Lipinski definition) is 1. The molecule has 23 heavy (non-hydrogen) atoms. The maximum atomic E-state index is 13.2. The Balaban J connectivity index is 2.12. The van der Waals surface area contributed by atoms with Crippen LogP contribution in [-0.4, -0.2) is 17.8 Å². The molecule has 0 fully saturated rings. The largest absolute Gasteiger partial charge is 0.476 e. The van der Waals surface area contributed by atoms with Crippen molar-refractivity contribution in [1.82, 2.24) is 0 Å². The van der Waals surface area contributed by atoms with Crippen LogP contribution >= 0.6 is 11.9 Å². The maximum Gasteiger partial charge on any atom is 0.275 e. The van der Waals surface area contributed by atoms with E-state index in [9.17, 15) is 9.18 Å². The van der Waals surface area contributed by atoms with E-state index in [4.69, 9.17) is 4.74 Å². The van der Waals surface area contributed by atoms with Gasteiger partial charge in [-0.15, -0.1) is 0 Å². The lowest BCUT2D eigenvalue weighted by molar-refractivity contribution is -0.131. The first-order chi connectivity index (χ1) is 10.9. The van der Waals surface area contributed by atoms with E-state index in [1.54, 1.807) is 30.9 Å². The van der Waals surface area contributed by atoms with Crippen molar-refractivity contribution in [3.05, 3.63) is 48.3 Å². The lowest BCUT2D eigenvalue weighted by Gasteiger charge is -2.39. The summed E-state index contributed by atoms with van der Waals surface area (Å²) in [6.45, 7) is 3.45. The van der Waals surface area contributed by atoms with Crippen LogP contribution < -0.4 is 14.4 Å². The molecule has 0 aliphatic carbocycles. The summed E-state index contributed by atoms with van der Waals surface area (Å²) in [5, 5.41) is 0. The van der Waals surface area contributed by atoms with Crippen LogP contribution in [0.25, 0.3) is 0 Å². The highest BCUT2D eigenvalue weighted by Crippen LogP contribution is 2.43. The van der Waals surface area contributed by atoms with E-state index < -0.39 is 5.60 Å². The van der Waals surface area contributed by atoms with Crippen LogP contribution in [0.4, 0.5) is 21.5 Å². The predicted molar refractivity (Wildman–Crippen MR) is 91.8 cm³/mol. The van der Waals surface area contributed by atoms with Gasteiger partial charge in [0.1, 0.15) is 11.6 Å². The van der Waals surface area contributed by atoms with Crippen LogP contribution in [0.5, 0.6) is 5.75 Å². The quantitative estimate of drug-likeness (QED) is 0.849. The van der Waals surface area contributed by atoms with Crippen LogP contribution in [0, 0.1) is 5.82 Å². The Bertz CT molecular complexity index is 747. The fraction of sp³-hybridized carbons (Fsp3) is 0.235. The van der Waals surface area contributed by atoms with Gasteiger partial charge in [-0.25, -0.2) is 4.39 Å². The molecule has 0 saturated carbocycles. The summed E-state index contributed by atoms with van der Waals surface area (Å²) in [6, 6.07) is 11.4. The molecule has 2 aromatic carbocycles. The number of fused-ring (bicyclic) bond motifs is 1. The highest BCUT2D eigenvalue weighted by atomic mass is 32.2. The molecule has 6 heteroatoms. The first-order valence-corrected chi connectivity index (χ1v) is 8.37. The van der Waals surface area contributed by atoms with Gasteiger partial charge < -0.3 is 9.46 Å². The van der Waals surface area contributed by atoms with E-state index in [1.165, 1.54) is 24.1 Å². The van der Waals surface area contributed by atoms with Crippen LogP contribution in [0.2, 0.25) is 0 Å². The van der Waals surface area contributed by atoms with Gasteiger partial charge in [-0.05, 0) is 50.2 Å². The van der Waals surface area contributed by atoms with E-state index in [0.29, 0.717) is 17.1 Å². The number of hydrogen-bond acceptors (Lipinski definition) is 4. The highest BCUT2D eigenvalue weighted by Gasteiger charge is 2.41. The Hall–Kier alpha value is -2.21. The number of amides is 1. The zero-order valence-electron chi connectivity index (χ0n) is 13.1. The molecule has 0 saturated heterocycles. The lowest BCUT2D eigenvalue weighted by atomic mass is 10.0. The van der Waals surface area contributed by atoms with Gasteiger partial charge in [-0.3, -0.25) is 9.69 Å². The predicted octanol–water partition coefficient (Wildman–Crippen LogP) is 4.35. The first-order valence-electron chi connectivity index (χ1n) is 7.14. The molecule has 0 unspecified atom stereocenters. The third-order valence-corrected chi connectivity index (χ3v) is 4.03. The van der Waals surface area contributed by atoms with E-state index in [0.717, 1.165) is 5.69 Å². The van der Waals surface area contributed by atoms with Crippen LogP contribution in [-0.2, 0) is 4.79 Å². The molecule has 0 radical (unpaired) electrons. The van der Waals surface area contributed by atoms with Gasteiger partial charge in [-0.2, -0.15) is 0 Å². The molecule has 3 rings (SSSR count). The number of nitrogens with zero attached hydrogens (tertiary/aromatic N) is 1. The number of benzene rings is 2. The zero-order valence-corrected chi connectivity index (χ0v) is 13.9. The SMILES string of the molecule is CSNc1ccc2c(c1)OC(C)(C)C(=O)N2c1ccc(F)cc1. The molecule has 1 heterocycles. The van der Waals surface area contributed by atoms with Gasteiger partial charge >= 0.3 is 0 Å². The molecule has 1 N–H and O–H groups in total. The summed E-state index contributed by atoms with van der Waals surface area (Å²) in [4.78, 5) is 14.4. The minimum absolute atomic E-state index is 0.192. The van der Waals surface area contributed by atoms with E-state index in [1.807, 2.05) is 24.5 Å². The normalized spacial score (nSPS) is 15.8. The third-order valence-electron chi connectivity index (χ3n) is 3.59. The van der Waals surface area contributed by atoms with Crippen LogP contribution in [0.1, 0.15) is 13.8 Å². The first kappa shape index (κ1) is 15.7. The Kier molecular flexibility index (Phi) is 3.93. The van der Waals surface area contributed by atoms with Crippen molar-refractivity contribution in [3.8, 4) is 5.75 Å². The van der Waals surface area contributed by atoms with Crippen molar-refractivity contribution in [2.45, 2.75) is 19.4 Å². The van der Waals surface area contributed by atoms with Crippen molar-refractivity contribution in [1.29, 1.82) is 0 Å². The second kappa shape index (κ2) is 5.77. The second-order valence-electron chi connectivity index (χ2n) is 5.72. The molecule has 120 valence electrons. The summed E-state index contributed by atoms with van der Waals surface area (Å²) < 4.78 is 22.2. The van der Waals surface area contributed by atoms with Crippen molar-refractivity contribution in [2.75, 3.05) is 15.9 Å². The number of halogens is 1. The van der Waals surface area contributed by atoms with Crippen molar-refractivity contribution < 1.29 is 13.9 Å². The van der Waals surface area contributed by atoms with E-state index >= 15 is 0 Å². The average Bonchev–Trinajstić information content (AvgIpc) is 2.50. The molecule has 0 spiro atoms. The van der Waals surface area contributed by atoms with Gasteiger partial charge in [0.05, 0.1) is 5.69 Å². The van der Waals surface area contributed by atoms with E-state index in [-0.39, 0.29) is 11.7 Å². The van der Waals surface area contributed by atoms with Gasteiger partial charge in [0.15, 0.2) is 5.60 Å². The molecular weight excluding hydrogens is 315 g/mol. The number of ether oxygens (including phenoxy) is 1. The Morgan fingerprint density at radius 1 is 1.17 bits per heavy atom. The lowest BCUT2D eigenvalue weighted by Crippen LogP contribution is -2.50. The van der Waals surface area contributed by atoms with Gasteiger partial charge in [0.2, 0.25) is 0 Å². The molecule has 1 aliphatic heterocycles. The van der Waals surface area contributed by atoms with Crippen molar-refractivity contribution >= 4 is 34.9 Å². The van der Waals surface area contributed by atoms with Gasteiger partial charge in [0.25, 0.3) is 5.91 Å². The molecule has 2 aromatic rings. The number of rotatable bonds is 3. The molecule has 0 aromatic heterocycles. The fourth-order valence-corrected chi connectivity index (χ4v) is 2.87. The van der Waals surface area contributed by atoms with E-state index in [2.05, 4.69) is 4.72 Å². The Morgan fingerprint density at radius 2 is 1.87 bits per heavy atom. The van der Waals surface area contributed by atoms with Crippen molar-refractivity contribution in [3.63, 3.8) is 0 Å². The molecule has 1 amide bonds. The molecule has 0 bridgehead atoms. The van der Waals surface area contributed by atoms with Gasteiger partial charge in [-0.1, -0.05) is 11.9 Å². The summed E-state index contributed by atoms with van der Waals surface area (Å²) in [5.74, 6) is 0.0774. The fourth-order valence-electron chi connectivity index (χ4n) is 2.51. The minimum Gasteiger partial charge on any atom is -0.476 e. The molecule has 1 aliphatic rings. The summed E-state index contributed by atoms with van der Waals surface area (Å²) in [6.07, 6.45) is 1.93. The number of anilines is 3. The Morgan fingerprint density at radius 3 is 2.52 bits per heavy atom. The Labute approximate surface area is 138 Å². The maximum absolute atomic E-state index is 13.2. The topological polar surface area (TPSA) is 41.6 Å². The standard InChI is InChI=1S/C17H17FN2O2S/c1-17(2)16(21)20(13-7-4-11(18)5-8-13)14-9-6-12(19-23-3)10-15(14)22-17/h4-10,19H,1-3H3. The second-order valence-corrected chi connectivity index (χ2v) is 6.33. The number of carbonyl (C=O) groups excluding carboxylic acids is 1. The van der Waals surface area contributed by atoms with Gasteiger partial charge in [0, 0.05) is 23.7 Å². The smallest absolute Gasteiger partial charge is 0.275 e. The minimum atomic E-state index is -1.00. The van der Waals surface area contributed by atoms with Crippen LogP contribution in [0.15, 0.2) is 42.5 Å². The monoisotopic (exact) mass is 332 g/mol. The molecule has 4 nitrogen and oxygen atoms in total.